The Labute approximate surface area is 145 Å². The number of rotatable bonds is 5. The average Bonchev–Trinajstić information content (AvgIpc) is 2.95. The molecule has 0 saturated heterocycles. The van der Waals surface area contributed by atoms with Gasteiger partial charge in [-0.15, -0.1) is 0 Å². The number of methoxy groups -OCH3 is 1. The van der Waals surface area contributed by atoms with Crippen LogP contribution >= 0.6 is 0 Å². The summed E-state index contributed by atoms with van der Waals surface area (Å²) in [5.41, 5.74) is 2.16. The normalized spacial score (nSPS) is 10.9. The second-order valence-corrected chi connectivity index (χ2v) is 5.87. The van der Waals surface area contributed by atoms with Gasteiger partial charge in [-0.3, -0.25) is 4.79 Å². The maximum atomic E-state index is 13.4. The predicted octanol–water partition coefficient (Wildman–Crippen LogP) is 4.55. The van der Waals surface area contributed by atoms with Gasteiger partial charge in [0.05, 0.1) is 7.11 Å². The van der Waals surface area contributed by atoms with Gasteiger partial charge in [-0.05, 0) is 49.7 Å². The summed E-state index contributed by atoms with van der Waals surface area (Å²) < 4.78 is 24.4. The Morgan fingerprint density at radius 2 is 2.04 bits per heavy atom. The van der Waals surface area contributed by atoms with E-state index in [4.69, 9.17) is 9.15 Å². The van der Waals surface area contributed by atoms with Gasteiger partial charge in [-0.1, -0.05) is 12.1 Å². The highest BCUT2D eigenvalue weighted by atomic mass is 19.1. The Balaban J connectivity index is 1.92. The quantitative estimate of drug-likeness (QED) is 0.684. The third-order valence-electron chi connectivity index (χ3n) is 4.27. The lowest BCUT2D eigenvalue weighted by atomic mass is 10.1. The van der Waals surface area contributed by atoms with E-state index >= 15 is 0 Å². The second-order valence-electron chi connectivity index (χ2n) is 5.87. The van der Waals surface area contributed by atoms with Crippen LogP contribution < -0.4 is 4.74 Å². The molecule has 2 aromatic carbocycles. The molecule has 0 bridgehead atoms. The molecule has 3 aromatic rings. The number of nitrogens with zero attached hydrogens (tertiary/aromatic N) is 1. The molecule has 130 valence electrons. The zero-order valence-electron chi connectivity index (χ0n) is 14.5. The van der Waals surface area contributed by atoms with E-state index in [1.165, 1.54) is 12.1 Å². The molecule has 0 aliphatic carbocycles. The fourth-order valence-corrected chi connectivity index (χ4v) is 2.86. The molecule has 0 atom stereocenters. The van der Waals surface area contributed by atoms with E-state index in [9.17, 15) is 9.18 Å². The van der Waals surface area contributed by atoms with Crippen molar-refractivity contribution in [2.45, 2.75) is 20.4 Å². The molecule has 0 aliphatic rings. The van der Waals surface area contributed by atoms with E-state index in [0.717, 1.165) is 16.5 Å². The highest BCUT2D eigenvalue weighted by Crippen LogP contribution is 2.29. The number of hydrogen-bond donors (Lipinski definition) is 0. The van der Waals surface area contributed by atoms with Crippen LogP contribution in [0.5, 0.6) is 5.75 Å². The molecule has 3 rings (SSSR count). The molecule has 4 nitrogen and oxygen atoms in total. The Hall–Kier alpha value is -2.82. The van der Waals surface area contributed by atoms with E-state index in [-0.39, 0.29) is 11.7 Å². The number of amides is 1. The first-order valence-corrected chi connectivity index (χ1v) is 8.14. The lowest BCUT2D eigenvalue weighted by Gasteiger charge is -2.20. The Morgan fingerprint density at radius 1 is 1.24 bits per heavy atom. The summed E-state index contributed by atoms with van der Waals surface area (Å²) in [4.78, 5) is 14.6. The number of halogens is 1. The van der Waals surface area contributed by atoms with Gasteiger partial charge in [0.2, 0.25) is 0 Å². The molecule has 0 N–H and O–H groups in total. The number of carbonyl (C=O) groups excluding carboxylic acids is 1. The van der Waals surface area contributed by atoms with Gasteiger partial charge in [0.15, 0.2) is 5.76 Å². The summed E-state index contributed by atoms with van der Waals surface area (Å²) in [6.45, 7) is 4.56. The minimum Gasteiger partial charge on any atom is -0.497 e. The predicted molar refractivity (Wildman–Crippen MR) is 94.3 cm³/mol. The third kappa shape index (κ3) is 3.36. The molecule has 25 heavy (non-hydrogen) atoms. The van der Waals surface area contributed by atoms with Crippen molar-refractivity contribution in [3.63, 3.8) is 0 Å². The SMILES string of the molecule is CCN(Cc1cccc(F)c1)C(=O)c1oc2ccc(OC)cc2c1C. The molecule has 0 radical (unpaired) electrons. The lowest BCUT2D eigenvalue weighted by molar-refractivity contribution is 0.0721. The van der Waals surface area contributed by atoms with Crippen molar-refractivity contribution in [2.24, 2.45) is 0 Å². The van der Waals surface area contributed by atoms with Gasteiger partial charge in [-0.25, -0.2) is 4.39 Å². The second kappa shape index (κ2) is 6.97. The zero-order valence-corrected chi connectivity index (χ0v) is 14.5. The van der Waals surface area contributed by atoms with Crippen molar-refractivity contribution in [2.75, 3.05) is 13.7 Å². The molecule has 1 amide bonds. The minimum atomic E-state index is -0.312. The highest BCUT2D eigenvalue weighted by Gasteiger charge is 2.23. The molecule has 5 heteroatoms. The summed E-state index contributed by atoms with van der Waals surface area (Å²) in [6, 6.07) is 11.7. The highest BCUT2D eigenvalue weighted by molar-refractivity contribution is 5.99. The topological polar surface area (TPSA) is 42.7 Å². The fourth-order valence-electron chi connectivity index (χ4n) is 2.86. The first-order valence-electron chi connectivity index (χ1n) is 8.14. The van der Waals surface area contributed by atoms with Crippen molar-refractivity contribution < 1.29 is 18.3 Å². The van der Waals surface area contributed by atoms with E-state index in [2.05, 4.69) is 0 Å². The van der Waals surface area contributed by atoms with Crippen LogP contribution in [0.4, 0.5) is 4.39 Å². The Bertz CT molecular complexity index is 916. The molecule has 0 spiro atoms. The van der Waals surface area contributed by atoms with E-state index < -0.39 is 0 Å². The maximum absolute atomic E-state index is 13.4. The standard InChI is InChI=1S/C20H20FNO3/c1-4-22(12-14-6-5-7-15(21)10-14)20(23)19-13(2)17-11-16(24-3)8-9-18(17)25-19/h5-11H,4,12H2,1-3H3. The molecular weight excluding hydrogens is 321 g/mol. The van der Waals surface area contributed by atoms with Crippen molar-refractivity contribution in [3.8, 4) is 5.75 Å². The van der Waals surface area contributed by atoms with Gasteiger partial charge in [-0.2, -0.15) is 0 Å². The summed E-state index contributed by atoms with van der Waals surface area (Å²) in [7, 11) is 1.60. The van der Waals surface area contributed by atoms with Crippen LogP contribution in [0.15, 0.2) is 46.9 Å². The van der Waals surface area contributed by atoms with Gasteiger partial charge < -0.3 is 14.1 Å². The molecular formula is C20H20FNO3. The van der Waals surface area contributed by atoms with Gasteiger partial charge in [0.25, 0.3) is 5.91 Å². The number of aryl methyl sites for hydroxylation is 1. The number of furan rings is 1. The molecule has 0 unspecified atom stereocenters. The van der Waals surface area contributed by atoms with Crippen molar-refractivity contribution in [1.82, 2.24) is 4.90 Å². The van der Waals surface area contributed by atoms with E-state index in [1.54, 1.807) is 36.3 Å². The number of fused-ring (bicyclic) bond motifs is 1. The smallest absolute Gasteiger partial charge is 0.290 e. The van der Waals surface area contributed by atoms with Crippen LogP contribution in [0.3, 0.4) is 0 Å². The van der Waals surface area contributed by atoms with E-state index in [0.29, 0.717) is 30.2 Å². The van der Waals surface area contributed by atoms with Crippen LogP contribution in [0, 0.1) is 12.7 Å². The molecule has 0 saturated carbocycles. The van der Waals surface area contributed by atoms with Crippen LogP contribution in [0.25, 0.3) is 11.0 Å². The average molecular weight is 341 g/mol. The van der Waals surface area contributed by atoms with Crippen LogP contribution in [-0.2, 0) is 6.54 Å². The Morgan fingerprint density at radius 3 is 2.72 bits per heavy atom. The maximum Gasteiger partial charge on any atom is 0.290 e. The number of ether oxygens (including phenoxy) is 1. The number of carbonyl (C=O) groups is 1. The van der Waals surface area contributed by atoms with Crippen molar-refractivity contribution in [3.05, 3.63) is 65.2 Å². The van der Waals surface area contributed by atoms with Crippen molar-refractivity contribution >= 4 is 16.9 Å². The molecule has 0 aliphatic heterocycles. The monoisotopic (exact) mass is 341 g/mol. The first-order chi connectivity index (χ1) is 12.0. The van der Waals surface area contributed by atoms with Gasteiger partial charge in [0.1, 0.15) is 17.1 Å². The van der Waals surface area contributed by atoms with Gasteiger partial charge >= 0.3 is 0 Å². The molecule has 0 fully saturated rings. The molecule has 1 aromatic heterocycles. The van der Waals surface area contributed by atoms with Crippen molar-refractivity contribution in [1.29, 1.82) is 0 Å². The third-order valence-corrected chi connectivity index (χ3v) is 4.27. The fraction of sp³-hybridized carbons (Fsp3) is 0.250. The van der Waals surface area contributed by atoms with Gasteiger partial charge in [0, 0.05) is 24.0 Å². The molecule has 1 heterocycles. The lowest BCUT2D eigenvalue weighted by Crippen LogP contribution is -2.30. The van der Waals surface area contributed by atoms with Crippen LogP contribution in [0.1, 0.15) is 28.6 Å². The number of benzene rings is 2. The summed E-state index contributed by atoms with van der Waals surface area (Å²) in [5, 5.41) is 0.851. The first kappa shape index (κ1) is 17.0. The zero-order chi connectivity index (χ0) is 18.0. The summed E-state index contributed by atoms with van der Waals surface area (Å²) >= 11 is 0. The van der Waals surface area contributed by atoms with Crippen LogP contribution in [0.2, 0.25) is 0 Å². The van der Waals surface area contributed by atoms with E-state index in [1.807, 2.05) is 19.9 Å². The summed E-state index contributed by atoms with van der Waals surface area (Å²) in [5.74, 6) is 0.497. The minimum absolute atomic E-state index is 0.209. The largest absolute Gasteiger partial charge is 0.497 e. The van der Waals surface area contributed by atoms with Crippen LogP contribution in [-0.4, -0.2) is 24.5 Å². The summed E-state index contributed by atoms with van der Waals surface area (Å²) in [6.07, 6.45) is 0. The number of hydrogen-bond acceptors (Lipinski definition) is 3. The Kier molecular flexibility index (Phi) is 4.74.